The highest BCUT2D eigenvalue weighted by molar-refractivity contribution is 6.99. The van der Waals surface area contributed by atoms with Crippen LogP contribution >= 0.6 is 0 Å². The lowest BCUT2D eigenvalue weighted by molar-refractivity contribution is 0.847. The molecule has 2 atom stereocenters. The molecule has 0 fully saturated rings. The van der Waals surface area contributed by atoms with Gasteiger partial charge in [-0.1, -0.05) is 47.1 Å². The van der Waals surface area contributed by atoms with Crippen molar-refractivity contribution in [2.75, 3.05) is 0 Å². The van der Waals surface area contributed by atoms with Gasteiger partial charge in [-0.15, -0.1) is 0 Å². The van der Waals surface area contributed by atoms with Crippen LogP contribution in [0.25, 0.3) is 10.8 Å². The molecule has 0 aromatic heterocycles. The van der Waals surface area contributed by atoms with Gasteiger partial charge in [0.25, 0.3) is 0 Å². The van der Waals surface area contributed by atoms with Crippen LogP contribution in [0.5, 0.6) is 0 Å². The van der Waals surface area contributed by atoms with E-state index in [4.69, 9.17) is 0 Å². The van der Waals surface area contributed by atoms with E-state index in [1.54, 1.807) is 43.1 Å². The second-order valence-electron chi connectivity index (χ2n) is 11.8. The summed E-state index contributed by atoms with van der Waals surface area (Å²) in [6.45, 7) is 33.8. The Kier molecular flexibility index (Phi) is 5.57. The van der Waals surface area contributed by atoms with Crippen molar-refractivity contribution in [3.05, 3.63) is 76.9 Å². The number of allylic oxidation sites excluding steroid dienone is 8. The Morgan fingerprint density at radius 1 is 0.485 bits per heavy atom. The molecule has 0 aliphatic heterocycles. The van der Waals surface area contributed by atoms with Gasteiger partial charge in [0.2, 0.25) is 0 Å². The first kappa shape index (κ1) is 24.3. The zero-order valence-electron chi connectivity index (χ0n) is 23.7. The zero-order chi connectivity index (χ0) is 24.9. The number of rotatable bonds is 2. The Balaban J connectivity index is 2.25. The monoisotopic (exact) mass is 456 g/mol. The third kappa shape index (κ3) is 2.94. The molecule has 1 aromatic rings. The lowest BCUT2D eigenvalue weighted by Crippen LogP contribution is -2.43. The highest BCUT2D eigenvalue weighted by Gasteiger charge is 2.46. The SMILES string of the molecule is CC1=C(C)C2=c3c(C)c(C)c(C)c(C)c3=C([Si](C)(C)C3=C(C)C(C)=C(C)C3C)C2C(C)=C1C. The first-order chi connectivity index (χ1) is 15.2. The molecule has 0 spiro atoms. The lowest BCUT2D eigenvalue weighted by Gasteiger charge is -2.38. The van der Waals surface area contributed by atoms with Crippen molar-refractivity contribution in [3.8, 4) is 0 Å². The van der Waals surface area contributed by atoms with E-state index in [-0.39, 0.29) is 0 Å². The minimum atomic E-state index is -1.95. The summed E-state index contributed by atoms with van der Waals surface area (Å²) in [5, 5.41) is 6.74. The van der Waals surface area contributed by atoms with Crippen LogP contribution in [-0.2, 0) is 0 Å². The van der Waals surface area contributed by atoms with Crippen molar-refractivity contribution in [3.63, 3.8) is 0 Å². The van der Waals surface area contributed by atoms with Gasteiger partial charge < -0.3 is 0 Å². The number of fused-ring (bicyclic) bond motifs is 2. The van der Waals surface area contributed by atoms with Gasteiger partial charge in [0.1, 0.15) is 8.07 Å². The molecule has 1 aromatic carbocycles. The molecule has 3 aliphatic rings. The van der Waals surface area contributed by atoms with Crippen LogP contribution in [0.4, 0.5) is 0 Å². The van der Waals surface area contributed by atoms with Gasteiger partial charge in [-0.25, -0.2) is 0 Å². The maximum atomic E-state index is 2.66. The van der Waals surface area contributed by atoms with Crippen LogP contribution in [0.3, 0.4) is 0 Å². The van der Waals surface area contributed by atoms with Gasteiger partial charge in [-0.05, 0) is 143 Å². The minimum absolute atomic E-state index is 0.442. The smallest absolute Gasteiger partial charge is 0.0665 e. The van der Waals surface area contributed by atoms with E-state index >= 15 is 0 Å². The van der Waals surface area contributed by atoms with Crippen molar-refractivity contribution in [2.45, 2.75) is 96.2 Å². The van der Waals surface area contributed by atoms with E-state index < -0.39 is 8.07 Å². The lowest BCUT2D eigenvalue weighted by atomic mass is 9.77. The largest absolute Gasteiger partial charge is 0.106 e. The first-order valence-electron chi connectivity index (χ1n) is 12.8. The van der Waals surface area contributed by atoms with E-state index in [9.17, 15) is 0 Å². The van der Waals surface area contributed by atoms with E-state index in [1.807, 2.05) is 0 Å². The fourth-order valence-corrected chi connectivity index (χ4v) is 12.2. The fourth-order valence-electron chi connectivity index (χ4n) is 7.44. The molecule has 0 bridgehead atoms. The van der Waals surface area contributed by atoms with Gasteiger partial charge >= 0.3 is 0 Å². The van der Waals surface area contributed by atoms with E-state index in [0.29, 0.717) is 11.8 Å². The predicted octanol–water partition coefficient (Wildman–Crippen LogP) is 7.63. The summed E-state index contributed by atoms with van der Waals surface area (Å²) < 4.78 is 0. The molecule has 1 heteroatoms. The molecule has 0 nitrogen and oxygen atoms in total. The number of hydrogen-bond donors (Lipinski definition) is 0. The molecule has 4 rings (SSSR count). The van der Waals surface area contributed by atoms with Crippen LogP contribution in [0.15, 0.2) is 44.2 Å². The Morgan fingerprint density at radius 3 is 1.45 bits per heavy atom. The normalized spacial score (nSPS) is 23.5. The summed E-state index contributed by atoms with van der Waals surface area (Å²) in [7, 11) is -1.95. The van der Waals surface area contributed by atoms with Crippen LogP contribution < -0.4 is 10.4 Å². The maximum absolute atomic E-state index is 2.66. The van der Waals surface area contributed by atoms with Gasteiger partial charge in [-0.3, -0.25) is 0 Å². The van der Waals surface area contributed by atoms with Crippen LogP contribution in [-0.4, -0.2) is 8.07 Å². The Morgan fingerprint density at radius 2 is 0.970 bits per heavy atom. The summed E-state index contributed by atoms with van der Waals surface area (Å²) >= 11 is 0. The average molecular weight is 457 g/mol. The van der Waals surface area contributed by atoms with Crippen molar-refractivity contribution in [1.29, 1.82) is 0 Å². The Hall–Kier alpha value is -1.86. The minimum Gasteiger partial charge on any atom is -0.0665 e. The average Bonchev–Trinajstić information content (AvgIpc) is 3.23. The summed E-state index contributed by atoms with van der Waals surface area (Å²) in [6, 6.07) is 0. The molecule has 0 amide bonds. The highest BCUT2D eigenvalue weighted by Crippen LogP contribution is 2.51. The maximum Gasteiger partial charge on any atom is 0.106 e. The molecule has 0 radical (unpaired) electrons. The van der Waals surface area contributed by atoms with Crippen molar-refractivity contribution in [1.82, 2.24) is 0 Å². The molecule has 0 heterocycles. The predicted molar refractivity (Wildman–Crippen MR) is 149 cm³/mol. The van der Waals surface area contributed by atoms with Crippen LogP contribution in [0, 0.1) is 39.5 Å². The summed E-state index contributed by atoms with van der Waals surface area (Å²) in [4.78, 5) is 0. The molecule has 2 unspecified atom stereocenters. The fraction of sp³-hybridized carbons (Fsp3) is 0.500. The van der Waals surface area contributed by atoms with E-state index in [1.165, 1.54) is 44.5 Å². The second kappa shape index (κ2) is 7.57. The summed E-state index contributed by atoms with van der Waals surface area (Å²) in [5.74, 6) is 1.00. The van der Waals surface area contributed by atoms with Crippen molar-refractivity contribution < 1.29 is 0 Å². The second-order valence-corrected chi connectivity index (χ2v) is 16.1. The first-order valence-corrected chi connectivity index (χ1v) is 15.8. The molecule has 3 aliphatic carbocycles. The molecule has 0 N–H and O–H groups in total. The van der Waals surface area contributed by atoms with E-state index in [2.05, 4.69) is 96.2 Å². The van der Waals surface area contributed by atoms with Crippen molar-refractivity contribution in [2.24, 2.45) is 11.8 Å². The molecular weight excluding hydrogens is 412 g/mol. The van der Waals surface area contributed by atoms with Gasteiger partial charge in [-0.2, -0.15) is 0 Å². The van der Waals surface area contributed by atoms with Gasteiger partial charge in [0, 0.05) is 5.92 Å². The Labute approximate surface area is 203 Å². The third-order valence-corrected chi connectivity index (χ3v) is 14.4. The third-order valence-electron chi connectivity index (χ3n) is 10.3. The standard InChI is InChI=1S/C32H44Si/c1-15-17(3)23(9)29-27(21(15)7)28-22(8)16(2)18(4)24(10)30(28)32(29)33(13,14)31-25(11)19(5)20(6)26(31)12/h25,29H,1-14H3. The molecule has 176 valence electrons. The van der Waals surface area contributed by atoms with E-state index in [0.717, 1.165) is 0 Å². The van der Waals surface area contributed by atoms with Crippen LogP contribution in [0.2, 0.25) is 13.1 Å². The Bertz CT molecular complexity index is 1380. The van der Waals surface area contributed by atoms with Gasteiger partial charge in [0.05, 0.1) is 0 Å². The quantitative estimate of drug-likeness (QED) is 0.401. The summed E-state index contributed by atoms with van der Waals surface area (Å²) in [5.41, 5.74) is 18.4. The van der Waals surface area contributed by atoms with Crippen molar-refractivity contribution >= 4 is 18.8 Å². The van der Waals surface area contributed by atoms with Crippen LogP contribution in [0.1, 0.15) is 77.6 Å². The number of benzene rings is 1. The molecule has 0 saturated carbocycles. The topological polar surface area (TPSA) is 0 Å². The summed E-state index contributed by atoms with van der Waals surface area (Å²) in [6.07, 6.45) is 0. The molecule has 33 heavy (non-hydrogen) atoms. The molecular formula is C32H44Si. The molecule has 0 saturated heterocycles. The highest BCUT2D eigenvalue weighted by atomic mass is 28.3. The number of hydrogen-bond acceptors (Lipinski definition) is 0. The van der Waals surface area contributed by atoms with Gasteiger partial charge in [0.15, 0.2) is 0 Å². The zero-order valence-corrected chi connectivity index (χ0v) is 24.7.